The monoisotopic (exact) mass is 185 g/mol. The number of imide groups is 1. The first-order valence-corrected chi connectivity index (χ1v) is 4.33. The quantitative estimate of drug-likeness (QED) is 0.523. The summed E-state index contributed by atoms with van der Waals surface area (Å²) in [5.41, 5.74) is 5.67. The molecule has 2 atom stereocenters. The average molecular weight is 185 g/mol. The number of nitrogens with two attached hydrogens (primary N) is 1. The molecular weight excluding hydrogens is 170 g/mol. The van der Waals surface area contributed by atoms with Crippen LogP contribution < -0.4 is 11.1 Å². The zero-order valence-electron chi connectivity index (χ0n) is 7.91. The van der Waals surface area contributed by atoms with Crippen LogP contribution in [0.15, 0.2) is 0 Å². The van der Waals surface area contributed by atoms with Crippen molar-refractivity contribution in [3.05, 3.63) is 0 Å². The van der Waals surface area contributed by atoms with Crippen LogP contribution in [0.5, 0.6) is 0 Å². The molecule has 13 heavy (non-hydrogen) atoms. The summed E-state index contributed by atoms with van der Waals surface area (Å²) in [5.74, 6) is -0.493. The Balaban J connectivity index is 2.59. The molecule has 0 bridgehead atoms. The maximum absolute atomic E-state index is 11.0. The third kappa shape index (κ3) is 2.50. The Morgan fingerprint density at radius 2 is 1.77 bits per heavy atom. The molecule has 1 fully saturated rings. The molecule has 0 aromatic heterocycles. The van der Waals surface area contributed by atoms with Gasteiger partial charge in [0.2, 0.25) is 11.8 Å². The third-order valence-electron chi connectivity index (χ3n) is 2.31. The first-order valence-electron chi connectivity index (χ1n) is 4.33. The van der Waals surface area contributed by atoms with Crippen LogP contribution in [0, 0.1) is 0 Å². The van der Waals surface area contributed by atoms with E-state index < -0.39 is 0 Å². The van der Waals surface area contributed by atoms with Crippen molar-refractivity contribution in [2.45, 2.75) is 25.9 Å². The summed E-state index contributed by atoms with van der Waals surface area (Å²) in [6, 6.07) is 0.00806. The topological polar surface area (TPSA) is 75.4 Å². The second-order valence-corrected chi connectivity index (χ2v) is 3.48. The van der Waals surface area contributed by atoms with Crippen molar-refractivity contribution >= 4 is 11.8 Å². The fourth-order valence-electron chi connectivity index (χ4n) is 1.28. The number of carbonyl (C=O) groups excluding carboxylic acids is 2. The molecule has 5 heteroatoms. The van der Waals surface area contributed by atoms with Gasteiger partial charge in [-0.1, -0.05) is 0 Å². The van der Waals surface area contributed by atoms with E-state index in [0.29, 0.717) is 0 Å². The van der Waals surface area contributed by atoms with Crippen molar-refractivity contribution in [2.24, 2.45) is 5.73 Å². The van der Waals surface area contributed by atoms with E-state index >= 15 is 0 Å². The van der Waals surface area contributed by atoms with E-state index in [-0.39, 0.29) is 37.0 Å². The summed E-state index contributed by atoms with van der Waals surface area (Å²) in [5, 5.41) is 2.24. The SMILES string of the molecule is CC(N)C(C)N1CC(=O)NC(=O)C1. The summed E-state index contributed by atoms with van der Waals surface area (Å²) in [7, 11) is 0. The van der Waals surface area contributed by atoms with Gasteiger partial charge in [-0.3, -0.25) is 19.8 Å². The molecule has 0 spiro atoms. The van der Waals surface area contributed by atoms with Crippen LogP contribution >= 0.6 is 0 Å². The zero-order chi connectivity index (χ0) is 10.0. The van der Waals surface area contributed by atoms with E-state index in [2.05, 4.69) is 5.32 Å². The first-order chi connectivity index (χ1) is 6.00. The van der Waals surface area contributed by atoms with Gasteiger partial charge in [-0.05, 0) is 13.8 Å². The van der Waals surface area contributed by atoms with Gasteiger partial charge in [0.05, 0.1) is 13.1 Å². The lowest BCUT2D eigenvalue weighted by Crippen LogP contribution is -2.57. The maximum Gasteiger partial charge on any atom is 0.240 e. The minimum atomic E-state index is -0.247. The van der Waals surface area contributed by atoms with Crippen molar-refractivity contribution in [1.29, 1.82) is 0 Å². The number of hydrogen-bond acceptors (Lipinski definition) is 4. The normalized spacial score (nSPS) is 23.9. The minimum Gasteiger partial charge on any atom is -0.327 e. The highest BCUT2D eigenvalue weighted by Gasteiger charge is 2.27. The number of nitrogens with zero attached hydrogens (tertiary/aromatic N) is 1. The first kappa shape index (κ1) is 10.1. The molecule has 2 amide bonds. The Morgan fingerprint density at radius 3 is 2.15 bits per heavy atom. The van der Waals surface area contributed by atoms with Gasteiger partial charge >= 0.3 is 0 Å². The maximum atomic E-state index is 11.0. The Morgan fingerprint density at radius 1 is 1.31 bits per heavy atom. The fraction of sp³-hybridized carbons (Fsp3) is 0.750. The highest BCUT2D eigenvalue weighted by Crippen LogP contribution is 2.04. The van der Waals surface area contributed by atoms with Crippen molar-refractivity contribution in [2.75, 3.05) is 13.1 Å². The number of rotatable bonds is 2. The molecule has 5 nitrogen and oxygen atoms in total. The van der Waals surface area contributed by atoms with Gasteiger partial charge in [0.1, 0.15) is 0 Å². The summed E-state index contributed by atoms with van der Waals surface area (Å²) < 4.78 is 0. The summed E-state index contributed by atoms with van der Waals surface area (Å²) in [6.45, 7) is 4.29. The summed E-state index contributed by atoms with van der Waals surface area (Å²) >= 11 is 0. The molecular formula is C8H15N3O2. The third-order valence-corrected chi connectivity index (χ3v) is 2.31. The van der Waals surface area contributed by atoms with Crippen molar-refractivity contribution < 1.29 is 9.59 Å². The largest absolute Gasteiger partial charge is 0.327 e. The number of amides is 2. The highest BCUT2D eigenvalue weighted by atomic mass is 16.2. The van der Waals surface area contributed by atoms with Gasteiger partial charge < -0.3 is 5.73 Å². The van der Waals surface area contributed by atoms with E-state index in [9.17, 15) is 9.59 Å². The van der Waals surface area contributed by atoms with E-state index in [1.54, 1.807) is 4.90 Å². The molecule has 1 heterocycles. The van der Waals surface area contributed by atoms with E-state index in [4.69, 9.17) is 5.73 Å². The van der Waals surface area contributed by atoms with Crippen LogP contribution in [0.1, 0.15) is 13.8 Å². The lowest BCUT2D eigenvalue weighted by Gasteiger charge is -2.32. The molecule has 3 N–H and O–H groups in total. The molecule has 1 aliphatic heterocycles. The Labute approximate surface area is 77.3 Å². The van der Waals surface area contributed by atoms with Crippen LogP contribution in [-0.4, -0.2) is 41.9 Å². The molecule has 2 unspecified atom stereocenters. The molecule has 0 saturated carbocycles. The van der Waals surface area contributed by atoms with Crippen molar-refractivity contribution in [3.63, 3.8) is 0 Å². The fourth-order valence-corrected chi connectivity index (χ4v) is 1.28. The van der Waals surface area contributed by atoms with Crippen LogP contribution in [0.3, 0.4) is 0 Å². The molecule has 74 valence electrons. The highest BCUT2D eigenvalue weighted by molar-refractivity contribution is 5.99. The lowest BCUT2D eigenvalue weighted by atomic mass is 10.1. The Kier molecular flexibility index (Phi) is 3.00. The van der Waals surface area contributed by atoms with Crippen molar-refractivity contribution in [3.8, 4) is 0 Å². The van der Waals surface area contributed by atoms with Gasteiger partial charge in [-0.25, -0.2) is 0 Å². The summed E-state index contributed by atoms with van der Waals surface area (Å²) in [6.07, 6.45) is 0. The van der Waals surface area contributed by atoms with Crippen molar-refractivity contribution in [1.82, 2.24) is 10.2 Å². The van der Waals surface area contributed by atoms with Gasteiger partial charge in [0, 0.05) is 12.1 Å². The molecule has 1 aliphatic rings. The van der Waals surface area contributed by atoms with Crippen LogP contribution in [0.2, 0.25) is 0 Å². The molecule has 0 aliphatic carbocycles. The average Bonchev–Trinajstić information content (AvgIpc) is 2.01. The predicted molar refractivity (Wildman–Crippen MR) is 47.8 cm³/mol. The number of nitrogens with one attached hydrogen (secondary N) is 1. The minimum absolute atomic E-state index is 0.0429. The van der Waals surface area contributed by atoms with E-state index in [1.165, 1.54) is 0 Å². The summed E-state index contributed by atoms with van der Waals surface area (Å²) in [4.78, 5) is 23.8. The van der Waals surface area contributed by atoms with Crippen LogP contribution in [0.25, 0.3) is 0 Å². The van der Waals surface area contributed by atoms with Gasteiger partial charge in [0.15, 0.2) is 0 Å². The van der Waals surface area contributed by atoms with E-state index in [0.717, 1.165) is 0 Å². The number of carbonyl (C=O) groups is 2. The second kappa shape index (κ2) is 3.85. The smallest absolute Gasteiger partial charge is 0.240 e. The predicted octanol–water partition coefficient (Wildman–Crippen LogP) is -1.32. The van der Waals surface area contributed by atoms with Gasteiger partial charge in [-0.2, -0.15) is 0 Å². The van der Waals surface area contributed by atoms with Crippen LogP contribution in [0.4, 0.5) is 0 Å². The van der Waals surface area contributed by atoms with Gasteiger partial charge in [-0.15, -0.1) is 0 Å². The Bertz CT molecular complexity index is 211. The zero-order valence-corrected chi connectivity index (χ0v) is 7.91. The van der Waals surface area contributed by atoms with Gasteiger partial charge in [0.25, 0.3) is 0 Å². The molecule has 1 saturated heterocycles. The molecule has 0 aromatic carbocycles. The number of piperazine rings is 1. The lowest BCUT2D eigenvalue weighted by molar-refractivity contribution is -0.137. The molecule has 0 aromatic rings. The van der Waals surface area contributed by atoms with Crippen LogP contribution in [-0.2, 0) is 9.59 Å². The Hall–Kier alpha value is -0.940. The molecule has 1 rings (SSSR count). The van der Waals surface area contributed by atoms with E-state index in [1.807, 2.05) is 13.8 Å². The number of hydrogen-bond donors (Lipinski definition) is 2. The second-order valence-electron chi connectivity index (χ2n) is 3.48. The standard InChI is InChI=1S/C8H15N3O2/c1-5(9)6(2)11-3-7(12)10-8(13)4-11/h5-6H,3-4,9H2,1-2H3,(H,10,12,13). The molecule has 0 radical (unpaired) electrons.